The molecule has 10 heavy (non-hydrogen) atoms. The summed E-state index contributed by atoms with van der Waals surface area (Å²) in [7, 11) is 1.49. The summed E-state index contributed by atoms with van der Waals surface area (Å²) in [6, 6.07) is 0. The Bertz CT molecular complexity index is 113. The Labute approximate surface area is 58.3 Å². The van der Waals surface area contributed by atoms with Gasteiger partial charge in [0.15, 0.2) is 5.96 Å². The molecule has 3 N–H and O–H groups in total. The van der Waals surface area contributed by atoms with Gasteiger partial charge in [0.25, 0.3) is 0 Å². The van der Waals surface area contributed by atoms with Gasteiger partial charge in [-0.3, -0.25) is 4.99 Å². The molecule has 0 aliphatic rings. The smallest absolute Gasteiger partial charge is 0.240 e. The van der Waals surface area contributed by atoms with Crippen molar-refractivity contribution in [1.82, 2.24) is 5.32 Å². The second kappa shape index (κ2) is 4.96. The van der Waals surface area contributed by atoms with Gasteiger partial charge in [0.1, 0.15) is 0 Å². The summed E-state index contributed by atoms with van der Waals surface area (Å²) in [5.74, 6) is 0.195. The van der Waals surface area contributed by atoms with Gasteiger partial charge in [0.05, 0.1) is 0 Å². The molecule has 5 heteroatoms. The van der Waals surface area contributed by atoms with Gasteiger partial charge in [-0.15, -0.1) is 0 Å². The highest BCUT2D eigenvalue weighted by atomic mass is 19.3. The van der Waals surface area contributed by atoms with E-state index in [1.807, 2.05) is 0 Å². The van der Waals surface area contributed by atoms with Crippen LogP contribution < -0.4 is 11.1 Å². The molecular weight excluding hydrogens is 140 g/mol. The number of guanidine groups is 1. The minimum Gasteiger partial charge on any atom is -0.370 e. The topological polar surface area (TPSA) is 50.4 Å². The Hall–Kier alpha value is -0.870. The summed E-state index contributed by atoms with van der Waals surface area (Å²) in [6.07, 6.45) is -2.48. The molecule has 0 aliphatic carbocycles. The molecule has 0 aliphatic heterocycles. The number of nitrogens with two attached hydrogens (primary N) is 1. The number of nitrogens with zero attached hydrogens (tertiary/aromatic N) is 1. The van der Waals surface area contributed by atoms with Crippen molar-refractivity contribution < 1.29 is 8.78 Å². The molecule has 0 fully saturated rings. The van der Waals surface area contributed by atoms with E-state index in [4.69, 9.17) is 5.73 Å². The van der Waals surface area contributed by atoms with Gasteiger partial charge in [-0.1, -0.05) is 0 Å². The molecule has 0 unspecified atom stereocenters. The van der Waals surface area contributed by atoms with Gasteiger partial charge in [-0.05, 0) is 0 Å². The first-order valence-electron chi connectivity index (χ1n) is 2.91. The third-order valence-electron chi connectivity index (χ3n) is 0.910. The molecule has 0 aromatic rings. The van der Waals surface area contributed by atoms with Crippen LogP contribution in [0.25, 0.3) is 0 Å². The van der Waals surface area contributed by atoms with E-state index in [0.717, 1.165) is 0 Å². The van der Waals surface area contributed by atoms with Crippen molar-refractivity contribution in [3.05, 3.63) is 0 Å². The number of hydrogen-bond donors (Lipinski definition) is 2. The van der Waals surface area contributed by atoms with Gasteiger partial charge in [0.2, 0.25) is 6.43 Å². The Morgan fingerprint density at radius 3 is 2.70 bits per heavy atom. The van der Waals surface area contributed by atoms with Crippen molar-refractivity contribution in [3.8, 4) is 0 Å². The van der Waals surface area contributed by atoms with Crippen LogP contribution in [0.3, 0.4) is 0 Å². The van der Waals surface area contributed by atoms with Crippen molar-refractivity contribution in [1.29, 1.82) is 0 Å². The molecule has 0 bridgehead atoms. The maximum absolute atomic E-state index is 11.5. The first-order valence-corrected chi connectivity index (χ1v) is 2.91. The lowest BCUT2D eigenvalue weighted by molar-refractivity contribution is 0.139. The molecule has 0 saturated carbocycles. The van der Waals surface area contributed by atoms with E-state index >= 15 is 0 Å². The maximum atomic E-state index is 11.5. The highest BCUT2D eigenvalue weighted by molar-refractivity contribution is 5.77. The highest BCUT2D eigenvalue weighted by Crippen LogP contribution is 1.95. The van der Waals surface area contributed by atoms with Crippen LogP contribution in [0.2, 0.25) is 0 Å². The third kappa shape index (κ3) is 5.27. The second-order valence-electron chi connectivity index (χ2n) is 1.72. The predicted octanol–water partition coefficient (Wildman–Crippen LogP) is 0.176. The molecule has 0 atom stereocenters. The maximum Gasteiger partial charge on any atom is 0.240 e. The lowest BCUT2D eigenvalue weighted by Crippen LogP contribution is -2.32. The third-order valence-corrected chi connectivity index (χ3v) is 0.910. The van der Waals surface area contributed by atoms with Crippen molar-refractivity contribution in [2.24, 2.45) is 10.7 Å². The van der Waals surface area contributed by atoms with E-state index < -0.39 is 6.43 Å². The number of hydrogen-bond acceptors (Lipinski definition) is 1. The highest BCUT2D eigenvalue weighted by Gasteiger charge is 2.00. The summed E-state index contributed by atoms with van der Waals surface area (Å²) in [5, 5.41) is 2.51. The molecule has 0 rings (SSSR count). The van der Waals surface area contributed by atoms with Gasteiger partial charge in [0, 0.05) is 20.0 Å². The zero-order valence-electron chi connectivity index (χ0n) is 5.77. The summed E-state index contributed by atoms with van der Waals surface area (Å²) in [4.78, 5) is 3.52. The number of nitrogens with one attached hydrogen (secondary N) is 1. The summed E-state index contributed by atoms with van der Waals surface area (Å²) in [5.41, 5.74) is 5.15. The zero-order valence-corrected chi connectivity index (χ0v) is 5.77. The summed E-state index contributed by atoms with van der Waals surface area (Å²) < 4.78 is 22.9. The molecule has 0 spiro atoms. The monoisotopic (exact) mass is 151 g/mol. The minimum atomic E-state index is -2.28. The van der Waals surface area contributed by atoms with Gasteiger partial charge >= 0.3 is 0 Å². The quantitative estimate of drug-likeness (QED) is 0.446. The van der Waals surface area contributed by atoms with Crippen LogP contribution in [0.4, 0.5) is 8.78 Å². The van der Waals surface area contributed by atoms with Gasteiger partial charge in [-0.25, -0.2) is 8.78 Å². The van der Waals surface area contributed by atoms with Crippen molar-refractivity contribution >= 4 is 5.96 Å². The molecule has 0 amide bonds. The normalized spacial score (nSPS) is 12.2. The van der Waals surface area contributed by atoms with E-state index in [-0.39, 0.29) is 18.9 Å². The number of aliphatic imine (C=N–C) groups is 1. The molecule has 0 aromatic carbocycles. The van der Waals surface area contributed by atoms with Crippen LogP contribution in [0.15, 0.2) is 4.99 Å². The fourth-order valence-electron chi connectivity index (χ4n) is 0.388. The SMILES string of the molecule is CN=C(N)NCCC(F)F. The van der Waals surface area contributed by atoms with E-state index in [1.54, 1.807) is 0 Å². The standard InChI is InChI=1S/C5H11F2N3/c1-9-5(8)10-3-2-4(6)7/h4H,2-3H2,1H3,(H3,8,9,10). The van der Waals surface area contributed by atoms with Crippen LogP contribution in [0.1, 0.15) is 6.42 Å². The Morgan fingerprint density at radius 2 is 2.30 bits per heavy atom. The molecule has 3 nitrogen and oxygen atoms in total. The van der Waals surface area contributed by atoms with Crippen LogP contribution >= 0.6 is 0 Å². The number of alkyl halides is 2. The number of rotatable bonds is 3. The minimum absolute atomic E-state index is 0.167. The lowest BCUT2D eigenvalue weighted by Gasteiger charge is -2.02. The predicted molar refractivity (Wildman–Crippen MR) is 36.2 cm³/mol. The Kier molecular flexibility index (Phi) is 4.53. The molecule has 0 radical (unpaired) electrons. The Morgan fingerprint density at radius 1 is 1.70 bits per heavy atom. The molecule has 0 aromatic heterocycles. The van der Waals surface area contributed by atoms with Crippen molar-refractivity contribution in [2.45, 2.75) is 12.8 Å². The molecule has 0 saturated heterocycles. The lowest BCUT2D eigenvalue weighted by atomic mass is 10.4. The average Bonchev–Trinajstić information content (AvgIpc) is 1.87. The van der Waals surface area contributed by atoms with E-state index in [9.17, 15) is 8.78 Å². The van der Waals surface area contributed by atoms with Crippen molar-refractivity contribution in [2.75, 3.05) is 13.6 Å². The fourth-order valence-corrected chi connectivity index (χ4v) is 0.388. The van der Waals surface area contributed by atoms with Crippen LogP contribution in [0, 0.1) is 0 Å². The van der Waals surface area contributed by atoms with Gasteiger partial charge in [-0.2, -0.15) is 0 Å². The molecule has 0 heterocycles. The fraction of sp³-hybridized carbons (Fsp3) is 0.800. The second-order valence-corrected chi connectivity index (χ2v) is 1.72. The van der Waals surface area contributed by atoms with Gasteiger partial charge < -0.3 is 11.1 Å². The zero-order chi connectivity index (χ0) is 7.98. The van der Waals surface area contributed by atoms with E-state index in [0.29, 0.717) is 0 Å². The first kappa shape index (κ1) is 9.13. The van der Waals surface area contributed by atoms with Crippen molar-refractivity contribution in [3.63, 3.8) is 0 Å². The largest absolute Gasteiger partial charge is 0.370 e. The summed E-state index contributed by atoms with van der Waals surface area (Å²) in [6.45, 7) is 0.167. The van der Waals surface area contributed by atoms with Crippen LogP contribution in [-0.4, -0.2) is 26.0 Å². The number of halogens is 2. The average molecular weight is 151 g/mol. The van der Waals surface area contributed by atoms with Crippen LogP contribution in [0.5, 0.6) is 0 Å². The van der Waals surface area contributed by atoms with E-state index in [1.165, 1.54) is 7.05 Å². The summed E-state index contributed by atoms with van der Waals surface area (Å²) >= 11 is 0. The Balaban J connectivity index is 3.20. The molecular formula is C5H11F2N3. The first-order chi connectivity index (χ1) is 4.66. The van der Waals surface area contributed by atoms with Crippen LogP contribution in [-0.2, 0) is 0 Å². The van der Waals surface area contributed by atoms with E-state index in [2.05, 4.69) is 10.3 Å². The molecule has 60 valence electrons.